The minimum Gasteiger partial charge on any atom is -0.451 e. The van der Waals surface area contributed by atoms with Gasteiger partial charge < -0.3 is 4.74 Å². The van der Waals surface area contributed by atoms with E-state index in [1.807, 2.05) is 19.1 Å². The molecule has 6 nitrogen and oxygen atoms in total. The fraction of sp³-hybridized carbons (Fsp3) is 0.333. The molecule has 2 aromatic carbocycles. The second kappa shape index (κ2) is 7.75. The maximum atomic E-state index is 12.5. The van der Waals surface area contributed by atoms with Gasteiger partial charge in [0.15, 0.2) is 6.10 Å². The lowest BCUT2D eigenvalue weighted by Gasteiger charge is -2.17. The van der Waals surface area contributed by atoms with Crippen molar-refractivity contribution in [3.8, 4) is 0 Å². The van der Waals surface area contributed by atoms with Crippen LogP contribution in [0.4, 0.5) is 5.69 Å². The van der Waals surface area contributed by atoms with Crippen LogP contribution in [0.5, 0.6) is 0 Å². The SMILES string of the molecule is CCc1ccc(C(=O)[C@H](C)OC(=O)c2ccc3c(c2)CCN3S(C)(=O)=O)cc1. The number of sulfonamides is 1. The average molecular weight is 401 g/mol. The molecule has 2 aromatic rings. The quantitative estimate of drug-likeness (QED) is 0.549. The monoisotopic (exact) mass is 401 g/mol. The molecule has 28 heavy (non-hydrogen) atoms. The molecule has 1 aliphatic heterocycles. The molecule has 148 valence electrons. The lowest BCUT2D eigenvalue weighted by Crippen LogP contribution is -2.27. The molecule has 1 atom stereocenters. The topological polar surface area (TPSA) is 80.8 Å². The van der Waals surface area contributed by atoms with Crippen LogP contribution < -0.4 is 4.31 Å². The van der Waals surface area contributed by atoms with Gasteiger partial charge in [-0.05, 0) is 49.1 Å². The van der Waals surface area contributed by atoms with Gasteiger partial charge >= 0.3 is 5.97 Å². The smallest absolute Gasteiger partial charge is 0.338 e. The minimum absolute atomic E-state index is 0.264. The first-order chi connectivity index (χ1) is 13.2. The molecule has 0 unspecified atom stereocenters. The van der Waals surface area contributed by atoms with Crippen molar-refractivity contribution in [2.24, 2.45) is 0 Å². The molecule has 1 aliphatic rings. The zero-order valence-electron chi connectivity index (χ0n) is 16.1. The number of Topliss-reactive ketones (excluding diaryl/α,β-unsaturated/α-hetero) is 1. The summed E-state index contributed by atoms with van der Waals surface area (Å²) >= 11 is 0. The van der Waals surface area contributed by atoms with Gasteiger partial charge in [0.05, 0.1) is 17.5 Å². The van der Waals surface area contributed by atoms with Crippen LogP contribution >= 0.6 is 0 Å². The number of ketones is 1. The molecule has 0 bridgehead atoms. The highest BCUT2D eigenvalue weighted by molar-refractivity contribution is 7.92. The highest BCUT2D eigenvalue weighted by Gasteiger charge is 2.27. The molecule has 0 saturated heterocycles. The zero-order chi connectivity index (χ0) is 20.5. The van der Waals surface area contributed by atoms with Crippen LogP contribution in [0.3, 0.4) is 0 Å². The van der Waals surface area contributed by atoms with E-state index < -0.39 is 22.1 Å². The molecule has 1 heterocycles. The Labute approximate surface area is 165 Å². The lowest BCUT2D eigenvalue weighted by atomic mass is 10.0. The Morgan fingerprint density at radius 3 is 2.36 bits per heavy atom. The van der Waals surface area contributed by atoms with Crippen molar-refractivity contribution in [3.63, 3.8) is 0 Å². The standard InChI is InChI=1S/C21H23NO5S/c1-4-15-5-7-16(8-6-15)20(23)14(2)27-21(24)18-9-10-19-17(13-18)11-12-22(19)28(3,25)26/h5-10,13-14H,4,11-12H2,1-3H3/t14-/m0/s1. The molecular formula is C21H23NO5S. The number of rotatable bonds is 6. The maximum absolute atomic E-state index is 12.5. The lowest BCUT2D eigenvalue weighted by molar-refractivity contribution is 0.0318. The summed E-state index contributed by atoms with van der Waals surface area (Å²) in [7, 11) is -3.34. The van der Waals surface area contributed by atoms with Gasteiger partial charge in [0.1, 0.15) is 0 Å². The van der Waals surface area contributed by atoms with Crippen molar-refractivity contribution >= 4 is 27.5 Å². The van der Waals surface area contributed by atoms with Crippen molar-refractivity contribution in [1.29, 1.82) is 0 Å². The van der Waals surface area contributed by atoms with E-state index in [1.54, 1.807) is 31.2 Å². The summed E-state index contributed by atoms with van der Waals surface area (Å²) in [5, 5.41) is 0. The Hall–Kier alpha value is -2.67. The molecular weight excluding hydrogens is 378 g/mol. The van der Waals surface area contributed by atoms with E-state index in [1.165, 1.54) is 10.4 Å². The Morgan fingerprint density at radius 2 is 1.75 bits per heavy atom. The van der Waals surface area contributed by atoms with Crippen molar-refractivity contribution in [2.75, 3.05) is 17.1 Å². The van der Waals surface area contributed by atoms with E-state index in [0.29, 0.717) is 29.8 Å². The van der Waals surface area contributed by atoms with Crippen LogP contribution in [0.1, 0.15) is 45.7 Å². The van der Waals surface area contributed by atoms with Crippen molar-refractivity contribution in [1.82, 2.24) is 0 Å². The molecule has 3 rings (SSSR count). The first kappa shape index (κ1) is 20.1. The van der Waals surface area contributed by atoms with E-state index in [9.17, 15) is 18.0 Å². The average Bonchev–Trinajstić information content (AvgIpc) is 3.11. The predicted molar refractivity (Wildman–Crippen MR) is 107 cm³/mol. The second-order valence-corrected chi connectivity index (χ2v) is 8.80. The number of carbonyl (C=O) groups is 2. The van der Waals surface area contributed by atoms with E-state index in [4.69, 9.17) is 4.74 Å². The third-order valence-electron chi connectivity index (χ3n) is 4.87. The van der Waals surface area contributed by atoms with Gasteiger partial charge in [0, 0.05) is 12.1 Å². The first-order valence-electron chi connectivity index (χ1n) is 9.15. The number of carbonyl (C=O) groups excluding carboxylic acids is 2. The summed E-state index contributed by atoms with van der Waals surface area (Å²) < 4.78 is 30.3. The summed E-state index contributed by atoms with van der Waals surface area (Å²) in [4.78, 5) is 25.0. The summed E-state index contributed by atoms with van der Waals surface area (Å²) in [5.74, 6) is -0.868. The molecule has 0 fully saturated rings. The van der Waals surface area contributed by atoms with Crippen LogP contribution in [0.25, 0.3) is 0 Å². The Morgan fingerprint density at radius 1 is 1.11 bits per heavy atom. The largest absolute Gasteiger partial charge is 0.451 e. The number of fused-ring (bicyclic) bond motifs is 1. The summed E-state index contributed by atoms with van der Waals surface area (Å²) in [6, 6.07) is 12.0. The van der Waals surface area contributed by atoms with E-state index >= 15 is 0 Å². The number of esters is 1. The van der Waals surface area contributed by atoms with E-state index in [-0.39, 0.29) is 5.78 Å². The fourth-order valence-electron chi connectivity index (χ4n) is 3.26. The summed E-state index contributed by atoms with van der Waals surface area (Å²) in [6.45, 7) is 3.94. The van der Waals surface area contributed by atoms with Gasteiger partial charge in [0.2, 0.25) is 15.8 Å². The number of aryl methyl sites for hydroxylation is 1. The van der Waals surface area contributed by atoms with Crippen molar-refractivity contribution < 1.29 is 22.7 Å². The molecule has 0 saturated carbocycles. The number of anilines is 1. The Bertz CT molecular complexity index is 1010. The third-order valence-corrected chi connectivity index (χ3v) is 6.05. The number of benzene rings is 2. The zero-order valence-corrected chi connectivity index (χ0v) is 17.0. The molecule has 0 amide bonds. The number of ether oxygens (including phenoxy) is 1. The predicted octanol–water partition coefficient (Wildman–Crippen LogP) is 3.00. The maximum Gasteiger partial charge on any atom is 0.338 e. The molecule has 0 spiro atoms. The molecule has 0 aromatic heterocycles. The van der Waals surface area contributed by atoms with Crippen LogP contribution in [-0.2, 0) is 27.6 Å². The molecule has 0 aliphatic carbocycles. The van der Waals surface area contributed by atoms with Crippen molar-refractivity contribution in [2.45, 2.75) is 32.8 Å². The van der Waals surface area contributed by atoms with Crippen LogP contribution in [0, 0.1) is 0 Å². The van der Waals surface area contributed by atoms with Gasteiger partial charge in [-0.25, -0.2) is 13.2 Å². The van der Waals surface area contributed by atoms with Gasteiger partial charge in [-0.3, -0.25) is 9.10 Å². The Balaban J connectivity index is 1.71. The highest BCUT2D eigenvalue weighted by atomic mass is 32.2. The van der Waals surface area contributed by atoms with Gasteiger partial charge in [-0.1, -0.05) is 31.2 Å². The summed E-state index contributed by atoms with van der Waals surface area (Å²) in [5.41, 5.74) is 3.28. The summed E-state index contributed by atoms with van der Waals surface area (Å²) in [6.07, 6.45) is 1.65. The third kappa shape index (κ3) is 4.09. The first-order valence-corrected chi connectivity index (χ1v) is 11.0. The minimum atomic E-state index is -3.34. The van der Waals surface area contributed by atoms with Gasteiger partial charge in [-0.2, -0.15) is 0 Å². The van der Waals surface area contributed by atoms with Gasteiger partial charge in [0.25, 0.3) is 0 Å². The second-order valence-electron chi connectivity index (χ2n) is 6.89. The number of nitrogens with zero attached hydrogens (tertiary/aromatic N) is 1. The van der Waals surface area contributed by atoms with Crippen LogP contribution in [0.15, 0.2) is 42.5 Å². The van der Waals surface area contributed by atoms with Crippen LogP contribution in [0.2, 0.25) is 0 Å². The van der Waals surface area contributed by atoms with Crippen molar-refractivity contribution in [3.05, 3.63) is 64.7 Å². The Kier molecular flexibility index (Phi) is 5.56. The molecule has 0 N–H and O–H groups in total. The van der Waals surface area contributed by atoms with E-state index in [2.05, 4.69) is 0 Å². The highest BCUT2D eigenvalue weighted by Crippen LogP contribution is 2.31. The van der Waals surface area contributed by atoms with E-state index in [0.717, 1.165) is 23.8 Å². The fourth-order valence-corrected chi connectivity index (χ4v) is 4.22. The number of hydrogen-bond acceptors (Lipinski definition) is 5. The molecule has 0 radical (unpaired) electrons. The normalized spacial score (nSPS) is 14.5. The van der Waals surface area contributed by atoms with Crippen LogP contribution in [-0.4, -0.2) is 39.1 Å². The molecule has 7 heteroatoms. The number of hydrogen-bond donors (Lipinski definition) is 0. The van der Waals surface area contributed by atoms with Gasteiger partial charge in [-0.15, -0.1) is 0 Å².